The van der Waals surface area contributed by atoms with Gasteiger partial charge in [0.05, 0.1) is 5.39 Å². The average molecular weight is 331 g/mol. The third kappa shape index (κ3) is 2.52. The summed E-state index contributed by atoms with van der Waals surface area (Å²) in [6.07, 6.45) is 2.88. The van der Waals surface area contributed by atoms with Gasteiger partial charge in [0.15, 0.2) is 0 Å². The van der Waals surface area contributed by atoms with Gasteiger partial charge in [0.1, 0.15) is 11.3 Å². The van der Waals surface area contributed by atoms with E-state index in [1.807, 2.05) is 0 Å². The SMILES string of the molecule is Cn1c(=O)c2ccc(C(=O)N3CCCCC3CN)nc2n(C)c1=O. The molecule has 3 rings (SSSR count). The number of nitrogens with two attached hydrogens (primary N) is 1. The third-order valence-corrected chi connectivity index (χ3v) is 4.68. The Kier molecular flexibility index (Phi) is 4.23. The van der Waals surface area contributed by atoms with Crippen molar-refractivity contribution in [3.63, 3.8) is 0 Å². The lowest BCUT2D eigenvalue weighted by Crippen LogP contribution is -2.47. The van der Waals surface area contributed by atoms with Crippen molar-refractivity contribution in [1.29, 1.82) is 0 Å². The predicted octanol–water partition coefficient (Wildman–Crippen LogP) is -0.414. The van der Waals surface area contributed by atoms with Crippen LogP contribution in [0.15, 0.2) is 21.7 Å². The van der Waals surface area contributed by atoms with Crippen LogP contribution in [0.25, 0.3) is 11.0 Å². The van der Waals surface area contributed by atoms with Crippen LogP contribution in [-0.4, -0.2) is 44.1 Å². The van der Waals surface area contributed by atoms with Crippen molar-refractivity contribution in [2.75, 3.05) is 13.1 Å². The van der Waals surface area contributed by atoms with Gasteiger partial charge in [-0.1, -0.05) is 0 Å². The molecule has 1 aliphatic rings. The van der Waals surface area contributed by atoms with Crippen molar-refractivity contribution in [3.8, 4) is 0 Å². The van der Waals surface area contributed by atoms with E-state index in [0.29, 0.717) is 18.5 Å². The van der Waals surface area contributed by atoms with E-state index in [1.165, 1.54) is 18.7 Å². The number of amides is 1. The first kappa shape index (κ1) is 16.4. The second-order valence-electron chi connectivity index (χ2n) is 6.16. The van der Waals surface area contributed by atoms with Crippen molar-refractivity contribution in [3.05, 3.63) is 38.7 Å². The number of pyridine rings is 1. The van der Waals surface area contributed by atoms with Gasteiger partial charge < -0.3 is 10.6 Å². The van der Waals surface area contributed by atoms with Gasteiger partial charge in [-0.25, -0.2) is 9.78 Å². The highest BCUT2D eigenvalue weighted by Crippen LogP contribution is 2.19. The molecule has 0 saturated carbocycles. The molecule has 2 aromatic rings. The van der Waals surface area contributed by atoms with Crippen LogP contribution in [0.4, 0.5) is 0 Å². The standard InChI is InChI=1S/C16H21N5O3/c1-19-13-11(14(22)20(2)16(19)24)6-7-12(18-13)15(23)21-8-4-3-5-10(21)9-17/h6-7,10H,3-5,8-9,17H2,1-2H3. The van der Waals surface area contributed by atoms with E-state index < -0.39 is 11.2 Å². The maximum atomic E-state index is 12.8. The molecular weight excluding hydrogens is 310 g/mol. The van der Waals surface area contributed by atoms with E-state index in [1.54, 1.807) is 17.0 Å². The van der Waals surface area contributed by atoms with E-state index in [9.17, 15) is 14.4 Å². The molecule has 1 atom stereocenters. The van der Waals surface area contributed by atoms with Crippen LogP contribution < -0.4 is 17.0 Å². The van der Waals surface area contributed by atoms with Crippen LogP contribution >= 0.6 is 0 Å². The minimum absolute atomic E-state index is 0.0104. The molecule has 1 fully saturated rings. The van der Waals surface area contributed by atoms with Crippen LogP contribution in [0.1, 0.15) is 29.8 Å². The minimum atomic E-state index is -0.470. The second-order valence-corrected chi connectivity index (χ2v) is 6.16. The molecule has 8 heteroatoms. The zero-order valence-electron chi connectivity index (χ0n) is 13.9. The second kappa shape index (κ2) is 6.20. The fourth-order valence-electron chi connectivity index (χ4n) is 3.23. The number of hydrogen-bond donors (Lipinski definition) is 1. The van der Waals surface area contributed by atoms with E-state index >= 15 is 0 Å². The highest BCUT2D eigenvalue weighted by Gasteiger charge is 2.27. The highest BCUT2D eigenvalue weighted by molar-refractivity contribution is 5.94. The van der Waals surface area contributed by atoms with Crippen molar-refractivity contribution in [1.82, 2.24) is 19.0 Å². The van der Waals surface area contributed by atoms with Gasteiger partial charge in [-0.05, 0) is 31.4 Å². The number of fused-ring (bicyclic) bond motifs is 1. The van der Waals surface area contributed by atoms with E-state index in [0.717, 1.165) is 23.8 Å². The van der Waals surface area contributed by atoms with Gasteiger partial charge >= 0.3 is 5.69 Å². The molecule has 0 spiro atoms. The van der Waals surface area contributed by atoms with Gasteiger partial charge in [-0.15, -0.1) is 0 Å². The fourth-order valence-corrected chi connectivity index (χ4v) is 3.23. The van der Waals surface area contributed by atoms with Crippen LogP contribution in [0.3, 0.4) is 0 Å². The zero-order valence-corrected chi connectivity index (χ0v) is 13.9. The molecule has 0 bridgehead atoms. The smallest absolute Gasteiger partial charge is 0.332 e. The Balaban J connectivity index is 2.09. The summed E-state index contributed by atoms with van der Waals surface area (Å²) in [5.41, 5.74) is 5.33. The Labute approximate surface area is 138 Å². The zero-order chi connectivity index (χ0) is 17.4. The van der Waals surface area contributed by atoms with Crippen molar-refractivity contribution < 1.29 is 4.79 Å². The number of carbonyl (C=O) groups is 1. The number of aromatic nitrogens is 3. The Bertz CT molecular complexity index is 914. The Morgan fingerprint density at radius 3 is 2.71 bits per heavy atom. The third-order valence-electron chi connectivity index (χ3n) is 4.68. The summed E-state index contributed by atoms with van der Waals surface area (Å²) < 4.78 is 2.31. The van der Waals surface area contributed by atoms with Crippen LogP contribution in [0.5, 0.6) is 0 Å². The van der Waals surface area contributed by atoms with Crippen LogP contribution in [0, 0.1) is 0 Å². The summed E-state index contributed by atoms with van der Waals surface area (Å²) in [6, 6.07) is 3.11. The summed E-state index contributed by atoms with van der Waals surface area (Å²) in [4.78, 5) is 43.1. The number of nitrogens with zero attached hydrogens (tertiary/aromatic N) is 4. The van der Waals surface area contributed by atoms with Crippen LogP contribution in [0.2, 0.25) is 0 Å². The fraction of sp³-hybridized carbons (Fsp3) is 0.500. The number of hydrogen-bond acceptors (Lipinski definition) is 5. The molecule has 2 aromatic heterocycles. The van der Waals surface area contributed by atoms with Gasteiger partial charge in [0, 0.05) is 33.2 Å². The van der Waals surface area contributed by atoms with E-state index in [2.05, 4.69) is 4.98 Å². The molecule has 1 amide bonds. The summed E-state index contributed by atoms with van der Waals surface area (Å²) in [5, 5.41) is 0.310. The topological polar surface area (TPSA) is 103 Å². The highest BCUT2D eigenvalue weighted by atomic mass is 16.2. The molecule has 0 aliphatic carbocycles. The summed E-state index contributed by atoms with van der Waals surface area (Å²) in [7, 11) is 2.96. The largest absolute Gasteiger partial charge is 0.333 e. The lowest BCUT2D eigenvalue weighted by atomic mass is 10.0. The molecule has 24 heavy (non-hydrogen) atoms. The van der Waals surface area contributed by atoms with Gasteiger partial charge in [0.25, 0.3) is 11.5 Å². The number of likely N-dealkylation sites (tertiary alicyclic amines) is 1. The summed E-state index contributed by atoms with van der Waals surface area (Å²) in [6.45, 7) is 1.06. The molecule has 2 N–H and O–H groups in total. The molecule has 0 radical (unpaired) electrons. The molecule has 8 nitrogen and oxygen atoms in total. The van der Waals surface area contributed by atoms with Crippen LogP contribution in [-0.2, 0) is 14.1 Å². The molecule has 1 saturated heterocycles. The first-order valence-corrected chi connectivity index (χ1v) is 8.03. The molecule has 3 heterocycles. The van der Waals surface area contributed by atoms with E-state index in [-0.39, 0.29) is 23.3 Å². The van der Waals surface area contributed by atoms with Crippen molar-refractivity contribution in [2.24, 2.45) is 19.8 Å². The molecule has 128 valence electrons. The number of carbonyl (C=O) groups excluding carboxylic acids is 1. The summed E-state index contributed by atoms with van der Waals surface area (Å²) >= 11 is 0. The minimum Gasteiger partial charge on any atom is -0.333 e. The Hall–Kier alpha value is -2.48. The first-order valence-electron chi connectivity index (χ1n) is 8.03. The van der Waals surface area contributed by atoms with Gasteiger partial charge in [0.2, 0.25) is 0 Å². The normalized spacial score (nSPS) is 18.1. The molecule has 1 aliphatic heterocycles. The average Bonchev–Trinajstić information content (AvgIpc) is 2.63. The lowest BCUT2D eigenvalue weighted by molar-refractivity contribution is 0.0617. The van der Waals surface area contributed by atoms with Gasteiger partial charge in [-0.3, -0.25) is 18.7 Å². The molecule has 1 unspecified atom stereocenters. The maximum Gasteiger partial charge on any atom is 0.332 e. The number of aryl methyl sites for hydroxylation is 1. The Morgan fingerprint density at radius 1 is 1.25 bits per heavy atom. The maximum absolute atomic E-state index is 12.8. The number of rotatable bonds is 2. The molecular formula is C16H21N5O3. The lowest BCUT2D eigenvalue weighted by Gasteiger charge is -2.34. The van der Waals surface area contributed by atoms with Crippen molar-refractivity contribution in [2.45, 2.75) is 25.3 Å². The first-order chi connectivity index (χ1) is 11.5. The quantitative estimate of drug-likeness (QED) is 0.805. The summed E-state index contributed by atoms with van der Waals surface area (Å²) in [5.74, 6) is -0.208. The van der Waals surface area contributed by atoms with E-state index in [4.69, 9.17) is 5.73 Å². The predicted molar refractivity (Wildman–Crippen MR) is 90.0 cm³/mol. The molecule has 0 aromatic carbocycles. The van der Waals surface area contributed by atoms with Gasteiger partial charge in [-0.2, -0.15) is 0 Å². The Morgan fingerprint density at radius 2 is 2.00 bits per heavy atom. The monoisotopic (exact) mass is 331 g/mol. The number of piperidine rings is 1. The van der Waals surface area contributed by atoms with Crippen molar-refractivity contribution >= 4 is 16.9 Å².